The van der Waals surface area contributed by atoms with Gasteiger partial charge in [0.15, 0.2) is 11.6 Å². The molecule has 28 heavy (non-hydrogen) atoms. The molecule has 0 spiro atoms. The number of fused-ring (bicyclic) bond motifs is 1. The predicted molar refractivity (Wildman–Crippen MR) is 113 cm³/mol. The van der Waals surface area contributed by atoms with Crippen molar-refractivity contribution in [2.45, 2.75) is 39.8 Å². The second-order valence-electron chi connectivity index (χ2n) is 7.04. The van der Waals surface area contributed by atoms with Gasteiger partial charge in [0.05, 0.1) is 12.4 Å². The molecule has 2 aromatic rings. The van der Waals surface area contributed by atoms with Gasteiger partial charge < -0.3 is 15.4 Å². The van der Waals surface area contributed by atoms with Crippen molar-refractivity contribution in [3.63, 3.8) is 0 Å². The van der Waals surface area contributed by atoms with Crippen LogP contribution in [0.15, 0.2) is 46.2 Å². The third kappa shape index (κ3) is 4.67. The fourth-order valence-electron chi connectivity index (χ4n) is 3.41. The number of nitrogens with zero attached hydrogens (tertiary/aromatic N) is 5. The lowest BCUT2D eigenvalue weighted by molar-refractivity contribution is 0.312. The van der Waals surface area contributed by atoms with Gasteiger partial charge in [0, 0.05) is 32.3 Å². The van der Waals surface area contributed by atoms with E-state index in [4.69, 9.17) is 10.5 Å². The Labute approximate surface area is 166 Å². The number of aliphatic imine (C=N–C) groups is 2. The van der Waals surface area contributed by atoms with E-state index in [9.17, 15) is 0 Å². The summed E-state index contributed by atoms with van der Waals surface area (Å²) in [5.74, 6) is 0.917. The first kappa shape index (κ1) is 19.8. The highest BCUT2D eigenvalue weighted by molar-refractivity contribution is 5.63. The maximum atomic E-state index is 6.03. The Hall–Kier alpha value is -2.93. The minimum atomic E-state index is 0.176. The smallest absolute Gasteiger partial charge is 0.262 e. The average molecular weight is 380 g/mol. The molecule has 148 valence electrons. The van der Waals surface area contributed by atoms with Gasteiger partial charge in [-0.1, -0.05) is 12.1 Å². The molecule has 0 atom stereocenters. The van der Waals surface area contributed by atoms with E-state index in [0.717, 1.165) is 26.1 Å². The fraction of sp³-hybridized carbons (Fsp3) is 0.381. The summed E-state index contributed by atoms with van der Waals surface area (Å²) in [6, 6.07) is 4.50. The van der Waals surface area contributed by atoms with Crippen molar-refractivity contribution in [2.75, 3.05) is 13.6 Å². The molecule has 7 heteroatoms. The summed E-state index contributed by atoms with van der Waals surface area (Å²) in [6.07, 6.45) is 6.97. The zero-order chi connectivity index (χ0) is 20.1. The van der Waals surface area contributed by atoms with Gasteiger partial charge in [-0.05, 0) is 56.3 Å². The molecule has 0 bridgehead atoms. The van der Waals surface area contributed by atoms with E-state index in [1.54, 1.807) is 23.3 Å². The number of benzene rings is 1. The maximum Gasteiger partial charge on any atom is 0.262 e. The van der Waals surface area contributed by atoms with Crippen LogP contribution >= 0.6 is 0 Å². The Bertz CT molecular complexity index is 912. The quantitative estimate of drug-likeness (QED) is 0.591. The monoisotopic (exact) mass is 380 g/mol. The minimum absolute atomic E-state index is 0.176. The van der Waals surface area contributed by atoms with Crippen LogP contribution in [0.4, 0.5) is 0 Å². The summed E-state index contributed by atoms with van der Waals surface area (Å²) in [4.78, 5) is 10.5. The van der Waals surface area contributed by atoms with Crippen molar-refractivity contribution in [3.05, 3.63) is 58.5 Å². The van der Waals surface area contributed by atoms with Crippen LogP contribution in [0.2, 0.25) is 0 Å². The molecule has 0 radical (unpaired) electrons. The van der Waals surface area contributed by atoms with E-state index in [-0.39, 0.29) is 11.7 Å². The molecule has 0 amide bonds. The van der Waals surface area contributed by atoms with E-state index in [0.29, 0.717) is 12.2 Å². The molecule has 1 aromatic heterocycles. The van der Waals surface area contributed by atoms with Crippen LogP contribution in [-0.4, -0.2) is 41.2 Å². The van der Waals surface area contributed by atoms with Gasteiger partial charge >= 0.3 is 0 Å². The summed E-state index contributed by atoms with van der Waals surface area (Å²) < 4.78 is 7.39. The van der Waals surface area contributed by atoms with E-state index in [2.05, 4.69) is 52.8 Å². The number of ether oxygens (including phenoxy) is 1. The molecule has 3 rings (SSSR count). The third-order valence-electron chi connectivity index (χ3n) is 4.88. The van der Waals surface area contributed by atoms with Gasteiger partial charge in [-0.2, -0.15) is 5.10 Å². The fourth-order valence-corrected chi connectivity index (χ4v) is 3.41. The highest BCUT2D eigenvalue weighted by atomic mass is 16.5. The molecule has 1 aliphatic heterocycles. The predicted octanol–water partition coefficient (Wildman–Crippen LogP) is 2.68. The third-order valence-corrected chi connectivity index (χ3v) is 4.88. The van der Waals surface area contributed by atoms with Gasteiger partial charge in [-0.15, -0.1) is 0 Å². The lowest BCUT2D eigenvalue weighted by Crippen LogP contribution is -2.27. The van der Waals surface area contributed by atoms with Crippen molar-refractivity contribution in [2.24, 2.45) is 15.7 Å². The molecule has 0 unspecified atom stereocenters. The first-order valence-corrected chi connectivity index (χ1v) is 9.49. The van der Waals surface area contributed by atoms with Crippen LogP contribution < -0.4 is 10.5 Å². The van der Waals surface area contributed by atoms with Crippen molar-refractivity contribution in [1.29, 1.82) is 0 Å². The Morgan fingerprint density at radius 1 is 1.43 bits per heavy atom. The normalized spacial score (nSPS) is 15.4. The summed E-state index contributed by atoms with van der Waals surface area (Å²) in [5.41, 5.74) is 11.5. The molecular weight excluding hydrogens is 352 g/mol. The van der Waals surface area contributed by atoms with Crippen molar-refractivity contribution in [3.8, 4) is 5.75 Å². The second-order valence-corrected chi connectivity index (χ2v) is 7.04. The highest BCUT2D eigenvalue weighted by Crippen LogP contribution is 2.23. The summed E-state index contributed by atoms with van der Waals surface area (Å²) in [5, 5.41) is 4.16. The Morgan fingerprint density at radius 3 is 2.96 bits per heavy atom. The molecule has 7 nitrogen and oxygen atoms in total. The summed E-state index contributed by atoms with van der Waals surface area (Å²) in [7, 11) is 2.16. The maximum absolute atomic E-state index is 6.03. The number of likely N-dealkylation sites (N-methyl/N-ethyl adjacent to an activating group) is 1. The molecule has 0 saturated heterocycles. The topological polar surface area (TPSA) is 81.0 Å². The SMILES string of the molecule is C=N/C(Oc1cnn(CC)c1)=C(/N)N=CCc1cc(C)c2c(c1)CN(C)CC2. The number of aromatic nitrogens is 2. The van der Waals surface area contributed by atoms with E-state index in [1.807, 2.05) is 6.92 Å². The Kier molecular flexibility index (Phi) is 6.26. The number of aryl methyl sites for hydroxylation is 2. The first-order chi connectivity index (χ1) is 13.5. The number of hydrogen-bond donors (Lipinski definition) is 1. The second kappa shape index (κ2) is 8.84. The minimum Gasteiger partial charge on any atom is -0.433 e. The molecule has 1 aromatic carbocycles. The zero-order valence-corrected chi connectivity index (χ0v) is 16.9. The van der Waals surface area contributed by atoms with E-state index in [1.165, 1.54) is 22.3 Å². The largest absolute Gasteiger partial charge is 0.433 e. The van der Waals surface area contributed by atoms with Crippen molar-refractivity contribution in [1.82, 2.24) is 14.7 Å². The highest BCUT2D eigenvalue weighted by Gasteiger charge is 2.15. The van der Waals surface area contributed by atoms with Crippen molar-refractivity contribution < 1.29 is 4.74 Å². The van der Waals surface area contributed by atoms with Gasteiger partial charge in [0.2, 0.25) is 0 Å². The zero-order valence-electron chi connectivity index (χ0n) is 16.9. The van der Waals surface area contributed by atoms with E-state index >= 15 is 0 Å². The van der Waals surface area contributed by atoms with E-state index < -0.39 is 0 Å². The lowest BCUT2D eigenvalue weighted by Gasteiger charge is -2.26. The molecule has 1 aliphatic rings. The standard InChI is InChI=1S/C21H28N6O/c1-5-27-14-18(12-25-27)28-21(23-3)20(22)24-8-6-16-10-15(2)19-7-9-26(4)13-17(19)11-16/h8,10-12,14H,3,5-7,9,13,22H2,1-2,4H3/b21-20+,24-8?. The number of hydrogen-bond acceptors (Lipinski definition) is 6. The average Bonchev–Trinajstić information content (AvgIpc) is 3.13. The van der Waals surface area contributed by atoms with Crippen LogP contribution in [0.1, 0.15) is 29.2 Å². The molecule has 0 fully saturated rings. The van der Waals surface area contributed by atoms with Gasteiger partial charge in [0.1, 0.15) is 0 Å². The van der Waals surface area contributed by atoms with Gasteiger partial charge in [-0.3, -0.25) is 4.68 Å². The van der Waals surface area contributed by atoms with Crippen LogP contribution in [-0.2, 0) is 25.9 Å². The molecule has 0 saturated carbocycles. The summed E-state index contributed by atoms with van der Waals surface area (Å²) in [6.45, 7) is 10.6. The van der Waals surface area contributed by atoms with Crippen LogP contribution in [0.25, 0.3) is 0 Å². The van der Waals surface area contributed by atoms with Crippen LogP contribution in [0.5, 0.6) is 5.75 Å². The number of nitrogens with two attached hydrogens (primary N) is 1. The van der Waals surface area contributed by atoms with Crippen molar-refractivity contribution >= 4 is 12.9 Å². The Balaban J connectivity index is 1.70. The molecule has 0 aliphatic carbocycles. The van der Waals surface area contributed by atoms with Gasteiger partial charge in [0.25, 0.3) is 5.88 Å². The molecule has 2 N–H and O–H groups in total. The first-order valence-electron chi connectivity index (χ1n) is 9.49. The lowest BCUT2D eigenvalue weighted by atomic mass is 9.92. The Morgan fingerprint density at radius 2 is 2.25 bits per heavy atom. The molecular formula is C21H28N6O. The van der Waals surface area contributed by atoms with Crippen LogP contribution in [0.3, 0.4) is 0 Å². The number of rotatable bonds is 7. The van der Waals surface area contributed by atoms with Gasteiger partial charge in [-0.25, -0.2) is 9.98 Å². The molecule has 2 heterocycles. The van der Waals surface area contributed by atoms with Crippen LogP contribution in [0, 0.1) is 6.92 Å². The summed E-state index contributed by atoms with van der Waals surface area (Å²) >= 11 is 0.